The number of unbranched alkanes of at least 4 members (excludes halogenated alkanes) is 49. The van der Waals surface area contributed by atoms with Crippen LogP contribution in [0.4, 0.5) is 0 Å². The van der Waals surface area contributed by atoms with Crippen LogP contribution < -0.4 is 5.32 Å². The molecule has 1 amide bonds. The monoisotopic (exact) mass is 988 g/mol. The van der Waals surface area contributed by atoms with Crippen LogP contribution in [0.15, 0.2) is 12.2 Å². The lowest BCUT2D eigenvalue weighted by Gasteiger charge is -2.20. The molecule has 0 spiro atoms. The molecule has 6 heteroatoms. The maximum Gasteiger partial charge on any atom is 0.305 e. The molecule has 0 heterocycles. The topological polar surface area (TPSA) is 95.9 Å². The van der Waals surface area contributed by atoms with E-state index < -0.39 is 12.1 Å². The second-order valence-corrected chi connectivity index (χ2v) is 22.1. The number of aliphatic hydroxyl groups is 2. The lowest BCUT2D eigenvalue weighted by atomic mass is 10.0. The van der Waals surface area contributed by atoms with E-state index in [4.69, 9.17) is 4.74 Å². The molecule has 3 N–H and O–H groups in total. The summed E-state index contributed by atoms with van der Waals surface area (Å²) >= 11 is 0. The molecule has 0 fully saturated rings. The third-order valence-corrected chi connectivity index (χ3v) is 15.1. The fraction of sp³-hybridized carbons (Fsp3) is 0.938. The predicted octanol–water partition coefficient (Wildman–Crippen LogP) is 20.0. The van der Waals surface area contributed by atoms with Gasteiger partial charge in [-0.1, -0.05) is 328 Å². The van der Waals surface area contributed by atoms with Crippen LogP contribution in [0.3, 0.4) is 0 Å². The highest BCUT2D eigenvalue weighted by atomic mass is 16.5. The van der Waals surface area contributed by atoms with Gasteiger partial charge in [0.15, 0.2) is 0 Å². The molecule has 0 aromatic rings. The van der Waals surface area contributed by atoms with Gasteiger partial charge in [0.25, 0.3) is 0 Å². The van der Waals surface area contributed by atoms with Crippen molar-refractivity contribution in [2.45, 2.75) is 373 Å². The minimum Gasteiger partial charge on any atom is -0.466 e. The first-order valence-corrected chi connectivity index (χ1v) is 32.0. The van der Waals surface area contributed by atoms with Gasteiger partial charge in [-0.05, 0) is 32.1 Å². The first kappa shape index (κ1) is 68.6. The van der Waals surface area contributed by atoms with Crippen LogP contribution in [0.25, 0.3) is 0 Å². The van der Waals surface area contributed by atoms with Crippen molar-refractivity contribution in [1.29, 1.82) is 0 Å². The summed E-state index contributed by atoms with van der Waals surface area (Å²) in [6.45, 7) is 4.92. The smallest absolute Gasteiger partial charge is 0.305 e. The Hall–Kier alpha value is -1.40. The van der Waals surface area contributed by atoms with Crippen LogP contribution in [0.2, 0.25) is 0 Å². The van der Waals surface area contributed by atoms with Crippen molar-refractivity contribution in [3.05, 3.63) is 12.2 Å². The molecule has 0 aromatic heterocycles. The summed E-state index contributed by atoms with van der Waals surface area (Å²) in [7, 11) is 0. The molecule has 416 valence electrons. The van der Waals surface area contributed by atoms with Gasteiger partial charge in [0.05, 0.1) is 25.4 Å². The number of esters is 1. The molecule has 0 aliphatic heterocycles. The quantitative estimate of drug-likeness (QED) is 0.0321. The van der Waals surface area contributed by atoms with Gasteiger partial charge in [-0.3, -0.25) is 9.59 Å². The van der Waals surface area contributed by atoms with Crippen molar-refractivity contribution < 1.29 is 24.5 Å². The molecule has 0 rings (SSSR count). The van der Waals surface area contributed by atoms with Gasteiger partial charge < -0.3 is 20.3 Å². The van der Waals surface area contributed by atoms with Crippen LogP contribution in [0, 0.1) is 0 Å². The molecule has 6 nitrogen and oxygen atoms in total. The summed E-state index contributed by atoms with van der Waals surface area (Å²) in [5.41, 5.74) is 0. The lowest BCUT2D eigenvalue weighted by Crippen LogP contribution is -2.45. The maximum atomic E-state index is 12.5. The summed E-state index contributed by atoms with van der Waals surface area (Å²) in [6, 6.07) is -0.638. The highest BCUT2D eigenvalue weighted by molar-refractivity contribution is 5.76. The first-order valence-electron chi connectivity index (χ1n) is 32.0. The standard InChI is InChI=1S/C64H125NO5/c1-3-5-7-9-11-13-15-17-19-21-22-23-24-25-26-28-29-32-36-40-44-48-52-56-62(67)61(60-66)65-63(68)57-53-49-45-41-37-33-31-35-39-43-47-51-55-59-70-64(69)58-54-50-46-42-38-34-30-27-20-18-16-14-12-10-8-6-4-2/h52,56,61-62,66-67H,3-51,53-55,57-60H2,1-2H3,(H,65,68)/b56-52+. The molecule has 0 aliphatic carbocycles. The molecule has 2 unspecified atom stereocenters. The Balaban J connectivity index is 3.45. The molecule has 0 aliphatic rings. The van der Waals surface area contributed by atoms with Gasteiger partial charge in [0.1, 0.15) is 0 Å². The summed E-state index contributed by atoms with van der Waals surface area (Å²) in [6.07, 6.45) is 72.5. The van der Waals surface area contributed by atoms with E-state index in [1.165, 1.54) is 276 Å². The van der Waals surface area contributed by atoms with Gasteiger partial charge in [-0.25, -0.2) is 0 Å². The van der Waals surface area contributed by atoms with Crippen LogP contribution in [-0.4, -0.2) is 47.4 Å². The lowest BCUT2D eigenvalue weighted by molar-refractivity contribution is -0.143. The van der Waals surface area contributed by atoms with E-state index >= 15 is 0 Å². The molecular weight excluding hydrogens is 863 g/mol. The first-order chi connectivity index (χ1) is 34.5. The zero-order valence-electron chi connectivity index (χ0n) is 47.5. The molecule has 0 bridgehead atoms. The molecule has 0 aromatic carbocycles. The predicted molar refractivity (Wildman–Crippen MR) is 306 cm³/mol. The van der Waals surface area contributed by atoms with E-state index in [1.54, 1.807) is 6.08 Å². The molecular formula is C64H125NO5. The molecule has 0 saturated heterocycles. The van der Waals surface area contributed by atoms with Crippen molar-refractivity contribution in [2.24, 2.45) is 0 Å². The summed E-state index contributed by atoms with van der Waals surface area (Å²) in [5.74, 6) is -0.0778. The fourth-order valence-corrected chi connectivity index (χ4v) is 10.2. The minimum absolute atomic E-state index is 0.00166. The SMILES string of the molecule is CCCCCCCCCCCCCCCCCCCCCCC/C=C/C(O)C(CO)NC(=O)CCCCCCCCCCCCCCCOC(=O)CCCCCCCCCCCCCCCCCCC. The van der Waals surface area contributed by atoms with Crippen molar-refractivity contribution in [2.75, 3.05) is 13.2 Å². The number of ether oxygens (including phenoxy) is 1. The number of allylic oxidation sites excluding steroid dienone is 1. The van der Waals surface area contributed by atoms with Gasteiger partial charge in [-0.2, -0.15) is 0 Å². The zero-order chi connectivity index (χ0) is 50.7. The van der Waals surface area contributed by atoms with Crippen molar-refractivity contribution in [3.8, 4) is 0 Å². The van der Waals surface area contributed by atoms with E-state index in [-0.39, 0.29) is 18.5 Å². The third-order valence-electron chi connectivity index (χ3n) is 15.1. The van der Waals surface area contributed by atoms with Crippen LogP contribution >= 0.6 is 0 Å². The van der Waals surface area contributed by atoms with Crippen LogP contribution in [0.1, 0.15) is 361 Å². The highest BCUT2D eigenvalue weighted by Gasteiger charge is 2.18. The van der Waals surface area contributed by atoms with E-state index in [9.17, 15) is 19.8 Å². The largest absolute Gasteiger partial charge is 0.466 e. The Morgan fingerprint density at radius 2 is 0.657 bits per heavy atom. The Morgan fingerprint density at radius 3 is 0.971 bits per heavy atom. The van der Waals surface area contributed by atoms with E-state index in [1.807, 2.05) is 6.08 Å². The van der Waals surface area contributed by atoms with Crippen LogP contribution in [-0.2, 0) is 14.3 Å². The number of nitrogens with one attached hydrogen (secondary N) is 1. The molecule has 2 atom stereocenters. The van der Waals surface area contributed by atoms with Gasteiger partial charge in [0, 0.05) is 12.8 Å². The second kappa shape index (κ2) is 60.2. The average molecular weight is 989 g/mol. The van der Waals surface area contributed by atoms with E-state index in [2.05, 4.69) is 19.2 Å². The number of carbonyl (C=O) groups is 2. The number of hydrogen-bond donors (Lipinski definition) is 3. The summed E-state index contributed by atoms with van der Waals surface area (Å²) in [5, 5.41) is 23.2. The second-order valence-electron chi connectivity index (χ2n) is 22.1. The molecule has 0 radical (unpaired) electrons. The maximum absolute atomic E-state index is 12.5. The Bertz CT molecular complexity index is 1050. The molecule has 70 heavy (non-hydrogen) atoms. The van der Waals surface area contributed by atoms with E-state index in [0.29, 0.717) is 19.4 Å². The minimum atomic E-state index is -0.853. The molecule has 0 saturated carbocycles. The normalized spacial score (nSPS) is 12.6. The van der Waals surface area contributed by atoms with Gasteiger partial charge in [0.2, 0.25) is 5.91 Å². The Labute approximate surface area is 438 Å². The summed E-state index contributed by atoms with van der Waals surface area (Å²) in [4.78, 5) is 24.6. The Morgan fingerprint density at radius 1 is 0.386 bits per heavy atom. The Kier molecular flexibility index (Phi) is 59.0. The number of amides is 1. The zero-order valence-corrected chi connectivity index (χ0v) is 47.5. The summed E-state index contributed by atoms with van der Waals surface area (Å²) < 4.78 is 5.49. The number of rotatable bonds is 60. The average Bonchev–Trinajstić information content (AvgIpc) is 3.36. The van der Waals surface area contributed by atoms with E-state index in [0.717, 1.165) is 57.8 Å². The van der Waals surface area contributed by atoms with Crippen molar-refractivity contribution >= 4 is 11.9 Å². The van der Waals surface area contributed by atoms with Gasteiger partial charge >= 0.3 is 5.97 Å². The fourth-order valence-electron chi connectivity index (χ4n) is 10.2. The third kappa shape index (κ3) is 55.9. The number of hydrogen-bond acceptors (Lipinski definition) is 5. The number of carbonyl (C=O) groups excluding carboxylic acids is 2. The van der Waals surface area contributed by atoms with Crippen molar-refractivity contribution in [1.82, 2.24) is 5.32 Å². The number of aliphatic hydroxyl groups excluding tert-OH is 2. The van der Waals surface area contributed by atoms with Gasteiger partial charge in [-0.15, -0.1) is 0 Å². The highest BCUT2D eigenvalue weighted by Crippen LogP contribution is 2.18. The van der Waals surface area contributed by atoms with Crippen LogP contribution in [0.5, 0.6) is 0 Å². The van der Waals surface area contributed by atoms with Crippen molar-refractivity contribution in [3.63, 3.8) is 0 Å².